The Bertz CT molecular complexity index is 1440. The van der Waals surface area contributed by atoms with Gasteiger partial charge in [-0.2, -0.15) is 0 Å². The Morgan fingerprint density at radius 3 is 2.02 bits per heavy atom. The largest absolute Gasteiger partial charge is 0.497 e. The maximum Gasteiger partial charge on any atom is 0.247 e. The number of nitrogens with zero attached hydrogens (tertiary/aromatic N) is 1. The van der Waals surface area contributed by atoms with Crippen LogP contribution in [0.15, 0.2) is 97.1 Å². The van der Waals surface area contributed by atoms with Crippen LogP contribution in [-0.2, 0) is 29.1 Å². The minimum Gasteiger partial charge on any atom is -0.497 e. The molecule has 41 heavy (non-hydrogen) atoms. The number of amides is 2. The zero-order chi connectivity index (χ0) is 29.2. The van der Waals surface area contributed by atoms with Crippen molar-refractivity contribution in [2.75, 3.05) is 21.3 Å². The lowest BCUT2D eigenvalue weighted by Gasteiger charge is -2.32. The van der Waals surface area contributed by atoms with Crippen LogP contribution in [0, 0.1) is 0 Å². The SMILES string of the molecule is COc1ccc(CNC(=O)[C@H](c2ccccc2)N(Cc2ccc(Cl)cc2)C(=O)Cc2ccc(OC)c(OC)c2)cc1. The summed E-state index contributed by atoms with van der Waals surface area (Å²) in [5.41, 5.74) is 3.19. The molecule has 1 atom stereocenters. The number of carbonyl (C=O) groups excluding carboxylic acids is 2. The maximum atomic E-state index is 14.0. The van der Waals surface area contributed by atoms with E-state index < -0.39 is 6.04 Å². The monoisotopic (exact) mass is 572 g/mol. The van der Waals surface area contributed by atoms with Crippen molar-refractivity contribution in [2.45, 2.75) is 25.6 Å². The van der Waals surface area contributed by atoms with Gasteiger partial charge < -0.3 is 24.4 Å². The van der Waals surface area contributed by atoms with Crippen molar-refractivity contribution in [3.8, 4) is 17.2 Å². The second-order valence-electron chi connectivity index (χ2n) is 9.39. The minimum atomic E-state index is -0.877. The van der Waals surface area contributed by atoms with Crippen LogP contribution < -0.4 is 19.5 Å². The lowest BCUT2D eigenvalue weighted by Crippen LogP contribution is -2.43. The molecule has 0 aliphatic heterocycles. The Morgan fingerprint density at radius 2 is 1.39 bits per heavy atom. The maximum absolute atomic E-state index is 14.0. The van der Waals surface area contributed by atoms with E-state index in [1.807, 2.05) is 72.8 Å². The molecule has 0 radical (unpaired) electrons. The fourth-order valence-corrected chi connectivity index (χ4v) is 4.64. The summed E-state index contributed by atoms with van der Waals surface area (Å²) in [5, 5.41) is 3.62. The summed E-state index contributed by atoms with van der Waals surface area (Å²) in [6.07, 6.45) is 0.0586. The van der Waals surface area contributed by atoms with Crippen LogP contribution in [0.25, 0.3) is 0 Å². The van der Waals surface area contributed by atoms with E-state index in [-0.39, 0.29) is 24.8 Å². The van der Waals surface area contributed by atoms with Gasteiger partial charge >= 0.3 is 0 Å². The van der Waals surface area contributed by atoms with Crippen LogP contribution in [0.4, 0.5) is 0 Å². The third-order valence-corrected chi connectivity index (χ3v) is 6.94. The van der Waals surface area contributed by atoms with Crippen molar-refractivity contribution in [2.24, 2.45) is 0 Å². The van der Waals surface area contributed by atoms with E-state index in [1.54, 1.807) is 50.5 Å². The van der Waals surface area contributed by atoms with Gasteiger partial charge in [0.25, 0.3) is 0 Å². The van der Waals surface area contributed by atoms with Gasteiger partial charge in [-0.05, 0) is 58.7 Å². The molecule has 0 spiro atoms. The van der Waals surface area contributed by atoms with E-state index in [9.17, 15) is 9.59 Å². The lowest BCUT2D eigenvalue weighted by molar-refractivity contribution is -0.141. The highest BCUT2D eigenvalue weighted by atomic mass is 35.5. The molecule has 8 heteroatoms. The molecule has 0 aliphatic rings. The summed E-state index contributed by atoms with van der Waals surface area (Å²) in [7, 11) is 4.72. The topological polar surface area (TPSA) is 77.1 Å². The molecular weight excluding hydrogens is 540 g/mol. The van der Waals surface area contributed by atoms with E-state index in [0.29, 0.717) is 28.6 Å². The smallest absolute Gasteiger partial charge is 0.247 e. The van der Waals surface area contributed by atoms with Crippen LogP contribution in [-0.4, -0.2) is 38.0 Å². The van der Waals surface area contributed by atoms with Gasteiger partial charge in [-0.25, -0.2) is 0 Å². The Labute approximate surface area is 245 Å². The van der Waals surface area contributed by atoms with E-state index in [0.717, 1.165) is 22.4 Å². The van der Waals surface area contributed by atoms with Crippen molar-refractivity contribution < 1.29 is 23.8 Å². The fourth-order valence-electron chi connectivity index (χ4n) is 4.51. The number of halogens is 1. The molecular formula is C33H33ClN2O5. The number of benzene rings is 4. The number of rotatable bonds is 12. The van der Waals surface area contributed by atoms with Gasteiger partial charge in [0.1, 0.15) is 11.8 Å². The Kier molecular flexibility index (Phi) is 10.2. The van der Waals surface area contributed by atoms with Crippen LogP contribution >= 0.6 is 11.6 Å². The highest BCUT2D eigenvalue weighted by molar-refractivity contribution is 6.30. The van der Waals surface area contributed by atoms with Crippen LogP contribution in [0.5, 0.6) is 17.2 Å². The second-order valence-corrected chi connectivity index (χ2v) is 9.83. The van der Waals surface area contributed by atoms with Crippen molar-refractivity contribution in [3.63, 3.8) is 0 Å². The predicted octanol–water partition coefficient (Wildman–Crippen LogP) is 5.99. The molecule has 0 saturated carbocycles. The summed E-state index contributed by atoms with van der Waals surface area (Å²) in [6.45, 7) is 0.504. The van der Waals surface area contributed by atoms with Crippen molar-refractivity contribution >= 4 is 23.4 Å². The van der Waals surface area contributed by atoms with Crippen LogP contribution in [0.2, 0.25) is 5.02 Å². The number of ether oxygens (including phenoxy) is 3. The van der Waals surface area contributed by atoms with E-state index >= 15 is 0 Å². The molecule has 4 rings (SSSR count). The molecule has 1 N–H and O–H groups in total. The van der Waals surface area contributed by atoms with Gasteiger partial charge in [0.15, 0.2) is 11.5 Å². The van der Waals surface area contributed by atoms with Crippen LogP contribution in [0.3, 0.4) is 0 Å². The number of hydrogen-bond acceptors (Lipinski definition) is 5. The minimum absolute atomic E-state index is 0.0586. The molecule has 0 bridgehead atoms. The molecule has 4 aromatic rings. The third-order valence-electron chi connectivity index (χ3n) is 6.69. The predicted molar refractivity (Wildman–Crippen MR) is 159 cm³/mol. The van der Waals surface area contributed by atoms with Gasteiger partial charge in [0.2, 0.25) is 11.8 Å². The fraction of sp³-hybridized carbons (Fsp3) is 0.212. The Morgan fingerprint density at radius 1 is 0.756 bits per heavy atom. The average molecular weight is 573 g/mol. The standard InChI is InChI=1S/C33H33ClN2O5/c1-39-28-16-11-23(12-17-28)21-35-33(38)32(26-7-5-4-6-8-26)36(22-24-9-14-27(34)15-10-24)31(37)20-25-13-18-29(40-2)30(19-25)41-3/h4-19,32H,20-22H2,1-3H3,(H,35,38)/t32-/m0/s1. The van der Waals surface area contributed by atoms with Gasteiger partial charge in [-0.15, -0.1) is 0 Å². The molecule has 212 valence electrons. The number of hydrogen-bond donors (Lipinski definition) is 1. The number of carbonyl (C=O) groups is 2. The molecule has 7 nitrogen and oxygen atoms in total. The molecule has 4 aromatic carbocycles. The molecule has 2 amide bonds. The quantitative estimate of drug-likeness (QED) is 0.225. The van der Waals surface area contributed by atoms with Crippen molar-refractivity contribution in [1.82, 2.24) is 10.2 Å². The third kappa shape index (κ3) is 7.80. The Balaban J connectivity index is 1.67. The van der Waals surface area contributed by atoms with E-state index in [2.05, 4.69) is 5.32 Å². The zero-order valence-electron chi connectivity index (χ0n) is 23.3. The number of nitrogens with one attached hydrogen (secondary N) is 1. The summed E-state index contributed by atoms with van der Waals surface area (Å²) in [5.74, 6) is 1.32. The summed E-state index contributed by atoms with van der Waals surface area (Å²) in [4.78, 5) is 29.5. The molecule has 0 unspecified atom stereocenters. The van der Waals surface area contributed by atoms with Crippen LogP contribution in [0.1, 0.15) is 28.3 Å². The lowest BCUT2D eigenvalue weighted by atomic mass is 10.0. The van der Waals surface area contributed by atoms with Gasteiger partial charge in [0.05, 0.1) is 27.8 Å². The summed E-state index contributed by atoms with van der Waals surface area (Å²) >= 11 is 6.12. The normalized spacial score (nSPS) is 11.3. The Hall–Kier alpha value is -4.49. The first-order valence-corrected chi connectivity index (χ1v) is 13.5. The molecule has 0 heterocycles. The summed E-state index contributed by atoms with van der Waals surface area (Å²) < 4.78 is 16.0. The van der Waals surface area contributed by atoms with Crippen molar-refractivity contribution in [3.05, 3.63) is 124 Å². The highest BCUT2D eigenvalue weighted by Crippen LogP contribution is 2.30. The molecule has 0 saturated heterocycles. The second kappa shape index (κ2) is 14.2. The summed E-state index contributed by atoms with van der Waals surface area (Å²) in [6, 6.07) is 28.5. The van der Waals surface area contributed by atoms with E-state index in [4.69, 9.17) is 25.8 Å². The molecule has 0 aliphatic carbocycles. The highest BCUT2D eigenvalue weighted by Gasteiger charge is 2.31. The number of methoxy groups -OCH3 is 3. The van der Waals surface area contributed by atoms with Gasteiger partial charge in [-0.1, -0.05) is 72.3 Å². The van der Waals surface area contributed by atoms with E-state index in [1.165, 1.54) is 0 Å². The van der Waals surface area contributed by atoms with Gasteiger partial charge in [0, 0.05) is 18.1 Å². The average Bonchev–Trinajstić information content (AvgIpc) is 3.01. The first-order chi connectivity index (χ1) is 19.9. The molecule has 0 aromatic heterocycles. The first kappa shape index (κ1) is 29.5. The van der Waals surface area contributed by atoms with Gasteiger partial charge in [-0.3, -0.25) is 9.59 Å². The zero-order valence-corrected chi connectivity index (χ0v) is 24.1. The van der Waals surface area contributed by atoms with Crippen molar-refractivity contribution in [1.29, 1.82) is 0 Å². The molecule has 0 fully saturated rings. The first-order valence-electron chi connectivity index (χ1n) is 13.1.